The molecule has 0 aliphatic rings. The van der Waals surface area contributed by atoms with Crippen LogP contribution in [0.2, 0.25) is 0 Å². The van der Waals surface area contributed by atoms with Gasteiger partial charge in [0.15, 0.2) is 0 Å². The molecule has 0 radical (unpaired) electrons. The van der Waals surface area contributed by atoms with Gasteiger partial charge in [-0.15, -0.1) is 0 Å². The number of benzene rings is 2. The highest BCUT2D eigenvalue weighted by molar-refractivity contribution is 5.39. The van der Waals surface area contributed by atoms with E-state index in [0.29, 0.717) is 11.3 Å². The van der Waals surface area contributed by atoms with Crippen molar-refractivity contribution in [3.63, 3.8) is 0 Å². The van der Waals surface area contributed by atoms with E-state index in [2.05, 4.69) is 11.8 Å². The first-order valence-electron chi connectivity index (χ1n) is 5.95. The van der Waals surface area contributed by atoms with E-state index in [1.807, 2.05) is 0 Å². The predicted molar refractivity (Wildman–Crippen MR) is 71.1 cm³/mol. The van der Waals surface area contributed by atoms with Crippen LogP contribution in [0.4, 0.5) is 8.78 Å². The Bertz CT molecular complexity index is 657. The van der Waals surface area contributed by atoms with Gasteiger partial charge in [-0.05, 0) is 29.8 Å². The standard InChI is InChI=1S/C16H12F2O2/c17-14-5-1-3-12(9-14)11-20-15-7-6-13(4-2-8-19)16(18)10-15/h1,3,5-7,9-10,19H,8,11H2. The highest BCUT2D eigenvalue weighted by Crippen LogP contribution is 2.17. The molecule has 102 valence electrons. The van der Waals surface area contributed by atoms with Gasteiger partial charge in [-0.25, -0.2) is 8.78 Å². The average Bonchev–Trinajstić information content (AvgIpc) is 2.44. The summed E-state index contributed by atoms with van der Waals surface area (Å²) < 4.78 is 32.0. The Kier molecular flexibility index (Phi) is 4.70. The molecule has 1 N–H and O–H groups in total. The molecule has 2 aromatic rings. The summed E-state index contributed by atoms with van der Waals surface area (Å²) in [5.41, 5.74) is 0.853. The maximum Gasteiger partial charge on any atom is 0.142 e. The van der Waals surface area contributed by atoms with Crippen LogP contribution >= 0.6 is 0 Å². The maximum atomic E-state index is 13.6. The minimum atomic E-state index is -0.525. The Morgan fingerprint density at radius 2 is 1.95 bits per heavy atom. The molecular weight excluding hydrogens is 262 g/mol. The maximum absolute atomic E-state index is 13.6. The van der Waals surface area contributed by atoms with Crippen molar-refractivity contribution in [2.75, 3.05) is 6.61 Å². The fraction of sp³-hybridized carbons (Fsp3) is 0.125. The Hall–Kier alpha value is -2.38. The van der Waals surface area contributed by atoms with Crippen molar-refractivity contribution in [3.05, 3.63) is 65.2 Å². The molecule has 2 nitrogen and oxygen atoms in total. The average molecular weight is 274 g/mol. The van der Waals surface area contributed by atoms with Crippen LogP contribution in [0.3, 0.4) is 0 Å². The molecule has 0 amide bonds. The van der Waals surface area contributed by atoms with Crippen molar-refractivity contribution in [1.82, 2.24) is 0 Å². The van der Waals surface area contributed by atoms with Crippen LogP contribution in [0.5, 0.6) is 5.75 Å². The first-order chi connectivity index (χ1) is 9.69. The molecule has 0 unspecified atom stereocenters. The molecule has 0 aliphatic heterocycles. The normalized spacial score (nSPS) is 9.75. The van der Waals surface area contributed by atoms with Gasteiger partial charge in [0.1, 0.15) is 30.6 Å². The number of ether oxygens (including phenoxy) is 1. The molecule has 0 aliphatic carbocycles. The number of aliphatic hydroxyl groups excluding tert-OH is 1. The Morgan fingerprint density at radius 3 is 2.65 bits per heavy atom. The van der Waals surface area contributed by atoms with Crippen LogP contribution in [0.1, 0.15) is 11.1 Å². The minimum Gasteiger partial charge on any atom is -0.489 e. The number of hydrogen-bond donors (Lipinski definition) is 1. The van der Waals surface area contributed by atoms with Crippen molar-refractivity contribution in [3.8, 4) is 17.6 Å². The zero-order valence-corrected chi connectivity index (χ0v) is 10.6. The van der Waals surface area contributed by atoms with E-state index in [0.717, 1.165) is 0 Å². The highest BCUT2D eigenvalue weighted by Gasteiger charge is 2.03. The Labute approximate surface area is 115 Å². The largest absolute Gasteiger partial charge is 0.489 e. The van der Waals surface area contributed by atoms with E-state index >= 15 is 0 Å². The third-order valence-electron chi connectivity index (χ3n) is 2.54. The first kappa shape index (κ1) is 14.0. The summed E-state index contributed by atoms with van der Waals surface area (Å²) in [6.07, 6.45) is 0. The predicted octanol–water partition coefficient (Wildman–Crippen LogP) is 2.89. The molecule has 0 bridgehead atoms. The van der Waals surface area contributed by atoms with E-state index in [1.54, 1.807) is 18.2 Å². The van der Waals surface area contributed by atoms with Gasteiger partial charge >= 0.3 is 0 Å². The molecule has 0 saturated heterocycles. The SMILES string of the molecule is OCC#Cc1ccc(OCc2cccc(F)c2)cc1F. The third kappa shape index (κ3) is 3.81. The van der Waals surface area contributed by atoms with E-state index in [1.165, 1.54) is 24.3 Å². The summed E-state index contributed by atoms with van der Waals surface area (Å²) in [5, 5.41) is 8.55. The molecule has 0 atom stereocenters. The lowest BCUT2D eigenvalue weighted by molar-refractivity contribution is 0.304. The van der Waals surface area contributed by atoms with Crippen LogP contribution in [-0.4, -0.2) is 11.7 Å². The first-order valence-corrected chi connectivity index (χ1v) is 5.95. The van der Waals surface area contributed by atoms with E-state index in [9.17, 15) is 8.78 Å². The number of halogens is 2. The van der Waals surface area contributed by atoms with Crippen molar-refractivity contribution < 1.29 is 18.6 Å². The zero-order chi connectivity index (χ0) is 14.4. The number of rotatable bonds is 3. The minimum absolute atomic E-state index is 0.152. The van der Waals surface area contributed by atoms with Crippen LogP contribution in [0, 0.1) is 23.5 Å². The van der Waals surface area contributed by atoms with Crippen molar-refractivity contribution in [1.29, 1.82) is 0 Å². The highest BCUT2D eigenvalue weighted by atomic mass is 19.1. The monoisotopic (exact) mass is 274 g/mol. The summed E-state index contributed by atoms with van der Waals surface area (Å²) in [5.74, 6) is 4.33. The Morgan fingerprint density at radius 1 is 1.10 bits per heavy atom. The lowest BCUT2D eigenvalue weighted by atomic mass is 10.2. The molecule has 0 spiro atoms. The van der Waals surface area contributed by atoms with Crippen molar-refractivity contribution >= 4 is 0 Å². The molecule has 2 rings (SSSR count). The summed E-state index contributed by atoms with van der Waals surface area (Å²) >= 11 is 0. The zero-order valence-electron chi connectivity index (χ0n) is 10.6. The fourth-order valence-corrected chi connectivity index (χ4v) is 1.62. The van der Waals surface area contributed by atoms with Gasteiger partial charge in [0.2, 0.25) is 0 Å². The molecule has 2 aromatic carbocycles. The molecule has 0 aromatic heterocycles. The van der Waals surface area contributed by atoms with Gasteiger partial charge < -0.3 is 9.84 Å². The van der Waals surface area contributed by atoms with Gasteiger partial charge in [-0.3, -0.25) is 0 Å². The third-order valence-corrected chi connectivity index (χ3v) is 2.54. The lowest BCUT2D eigenvalue weighted by Crippen LogP contribution is -1.97. The van der Waals surface area contributed by atoms with Gasteiger partial charge in [0.05, 0.1) is 5.56 Å². The van der Waals surface area contributed by atoms with E-state index in [4.69, 9.17) is 9.84 Å². The molecule has 0 saturated carbocycles. The van der Waals surface area contributed by atoms with Gasteiger partial charge in [0.25, 0.3) is 0 Å². The topological polar surface area (TPSA) is 29.5 Å². The summed E-state index contributed by atoms with van der Waals surface area (Å²) in [6, 6.07) is 10.3. The molecule has 20 heavy (non-hydrogen) atoms. The second-order valence-corrected chi connectivity index (χ2v) is 4.02. The van der Waals surface area contributed by atoms with Crippen LogP contribution in [-0.2, 0) is 6.61 Å². The van der Waals surface area contributed by atoms with Crippen molar-refractivity contribution in [2.45, 2.75) is 6.61 Å². The quantitative estimate of drug-likeness (QED) is 0.872. The van der Waals surface area contributed by atoms with Gasteiger partial charge in [-0.1, -0.05) is 24.0 Å². The Balaban J connectivity index is 2.05. The lowest BCUT2D eigenvalue weighted by Gasteiger charge is -2.07. The number of aliphatic hydroxyl groups is 1. The summed E-state index contributed by atoms with van der Waals surface area (Å²) in [4.78, 5) is 0. The van der Waals surface area contributed by atoms with Gasteiger partial charge in [0, 0.05) is 6.07 Å². The molecule has 0 heterocycles. The molecular formula is C16H12F2O2. The van der Waals surface area contributed by atoms with E-state index in [-0.39, 0.29) is 24.6 Å². The van der Waals surface area contributed by atoms with Crippen molar-refractivity contribution in [2.24, 2.45) is 0 Å². The summed E-state index contributed by atoms with van der Waals surface area (Å²) in [7, 11) is 0. The fourth-order valence-electron chi connectivity index (χ4n) is 1.62. The van der Waals surface area contributed by atoms with Gasteiger partial charge in [-0.2, -0.15) is 0 Å². The van der Waals surface area contributed by atoms with Crippen LogP contribution < -0.4 is 4.74 Å². The second kappa shape index (κ2) is 6.69. The second-order valence-electron chi connectivity index (χ2n) is 4.02. The molecule has 4 heteroatoms. The van der Waals surface area contributed by atoms with Crippen LogP contribution in [0.15, 0.2) is 42.5 Å². The smallest absolute Gasteiger partial charge is 0.142 e. The molecule has 0 fully saturated rings. The summed E-state index contributed by atoms with van der Waals surface area (Å²) in [6.45, 7) is -0.171. The number of hydrogen-bond acceptors (Lipinski definition) is 2. The van der Waals surface area contributed by atoms with E-state index < -0.39 is 5.82 Å². The van der Waals surface area contributed by atoms with Crippen LogP contribution in [0.25, 0.3) is 0 Å².